The highest BCUT2D eigenvalue weighted by atomic mass is 16.5. The quantitative estimate of drug-likeness (QED) is 0.677. The molecular formula is C16H25N3O2. The molecule has 1 aliphatic heterocycles. The number of carbonyl (C=O) groups excluding carboxylic acids is 1. The average molecular weight is 291 g/mol. The number of nitrogen functional groups attached to an aromatic ring is 1. The van der Waals surface area contributed by atoms with E-state index in [-0.39, 0.29) is 5.97 Å². The van der Waals surface area contributed by atoms with E-state index in [1.165, 1.54) is 7.11 Å². The van der Waals surface area contributed by atoms with E-state index >= 15 is 0 Å². The third-order valence-electron chi connectivity index (χ3n) is 3.76. The van der Waals surface area contributed by atoms with Crippen LogP contribution in [0.1, 0.15) is 24.2 Å². The lowest BCUT2D eigenvalue weighted by atomic mass is 10.1. The predicted molar refractivity (Wildman–Crippen MR) is 85.7 cm³/mol. The van der Waals surface area contributed by atoms with Gasteiger partial charge in [-0.15, -0.1) is 0 Å². The van der Waals surface area contributed by atoms with Crippen LogP contribution in [0.25, 0.3) is 0 Å². The maximum atomic E-state index is 11.9. The summed E-state index contributed by atoms with van der Waals surface area (Å²) in [5, 5.41) is 0. The maximum absolute atomic E-state index is 11.9. The number of piperazine rings is 1. The second kappa shape index (κ2) is 6.80. The molecule has 1 aromatic rings. The molecular weight excluding hydrogens is 266 g/mol. The molecule has 1 aromatic carbocycles. The van der Waals surface area contributed by atoms with Crippen LogP contribution >= 0.6 is 0 Å². The molecule has 0 bridgehead atoms. The van der Waals surface area contributed by atoms with Gasteiger partial charge in [0.15, 0.2) is 0 Å². The summed E-state index contributed by atoms with van der Waals surface area (Å²) in [4.78, 5) is 16.6. The van der Waals surface area contributed by atoms with Crippen LogP contribution in [-0.4, -0.2) is 50.7 Å². The van der Waals surface area contributed by atoms with Gasteiger partial charge in [0.2, 0.25) is 0 Å². The Morgan fingerprint density at radius 3 is 2.52 bits per heavy atom. The Hall–Kier alpha value is -1.75. The number of carbonyl (C=O) groups is 1. The van der Waals surface area contributed by atoms with Crippen LogP contribution in [0.3, 0.4) is 0 Å². The highest BCUT2D eigenvalue weighted by molar-refractivity contribution is 5.97. The van der Waals surface area contributed by atoms with Crippen molar-refractivity contribution in [2.24, 2.45) is 5.92 Å². The van der Waals surface area contributed by atoms with E-state index in [1.54, 1.807) is 6.07 Å². The van der Waals surface area contributed by atoms with Crippen LogP contribution in [0.4, 0.5) is 11.4 Å². The van der Waals surface area contributed by atoms with Gasteiger partial charge in [-0.05, 0) is 24.1 Å². The number of rotatable bonds is 4. The first kappa shape index (κ1) is 15.6. The van der Waals surface area contributed by atoms with Crippen molar-refractivity contribution < 1.29 is 9.53 Å². The molecule has 2 rings (SSSR count). The molecule has 1 aliphatic rings. The van der Waals surface area contributed by atoms with Crippen LogP contribution in [-0.2, 0) is 4.74 Å². The molecule has 2 N–H and O–H groups in total. The minimum atomic E-state index is -0.332. The fraction of sp³-hybridized carbons (Fsp3) is 0.562. The Labute approximate surface area is 126 Å². The maximum Gasteiger partial charge on any atom is 0.340 e. The van der Waals surface area contributed by atoms with Gasteiger partial charge in [0.05, 0.1) is 18.4 Å². The predicted octanol–water partition coefficient (Wildman–Crippen LogP) is 1.83. The van der Waals surface area contributed by atoms with E-state index in [4.69, 9.17) is 10.5 Å². The Morgan fingerprint density at radius 2 is 1.95 bits per heavy atom. The van der Waals surface area contributed by atoms with Crippen molar-refractivity contribution >= 4 is 17.3 Å². The molecule has 0 atom stereocenters. The molecule has 0 saturated carbocycles. The zero-order valence-corrected chi connectivity index (χ0v) is 13.1. The summed E-state index contributed by atoms with van der Waals surface area (Å²) in [6.45, 7) is 9.47. The molecule has 1 heterocycles. The van der Waals surface area contributed by atoms with Gasteiger partial charge in [0, 0.05) is 38.4 Å². The second-order valence-electron chi connectivity index (χ2n) is 5.95. The second-order valence-corrected chi connectivity index (χ2v) is 5.95. The van der Waals surface area contributed by atoms with Crippen LogP contribution in [0.15, 0.2) is 18.2 Å². The summed E-state index contributed by atoms with van der Waals surface area (Å²) >= 11 is 0. The van der Waals surface area contributed by atoms with Crippen molar-refractivity contribution in [3.8, 4) is 0 Å². The Bertz CT molecular complexity index is 494. The van der Waals surface area contributed by atoms with Gasteiger partial charge in [0.25, 0.3) is 0 Å². The zero-order chi connectivity index (χ0) is 15.4. The molecule has 0 aromatic heterocycles. The lowest BCUT2D eigenvalue weighted by molar-refractivity contribution is 0.0601. The number of hydrogen-bond donors (Lipinski definition) is 1. The molecule has 0 aliphatic carbocycles. The molecule has 0 amide bonds. The van der Waals surface area contributed by atoms with E-state index in [0.717, 1.165) is 38.4 Å². The van der Waals surface area contributed by atoms with Gasteiger partial charge >= 0.3 is 5.97 Å². The normalized spacial score (nSPS) is 16.3. The van der Waals surface area contributed by atoms with E-state index in [9.17, 15) is 4.79 Å². The first-order valence-electron chi connectivity index (χ1n) is 7.46. The van der Waals surface area contributed by atoms with E-state index in [2.05, 4.69) is 23.6 Å². The minimum Gasteiger partial charge on any atom is -0.465 e. The number of esters is 1. The number of hydrogen-bond acceptors (Lipinski definition) is 5. The number of anilines is 2. The van der Waals surface area contributed by atoms with E-state index in [0.29, 0.717) is 17.2 Å². The van der Waals surface area contributed by atoms with Gasteiger partial charge in [-0.3, -0.25) is 4.90 Å². The molecule has 21 heavy (non-hydrogen) atoms. The average Bonchev–Trinajstić information content (AvgIpc) is 2.47. The fourth-order valence-corrected chi connectivity index (χ4v) is 2.79. The molecule has 5 nitrogen and oxygen atoms in total. The summed E-state index contributed by atoms with van der Waals surface area (Å²) in [5.41, 5.74) is 7.84. The molecule has 0 spiro atoms. The third-order valence-corrected chi connectivity index (χ3v) is 3.76. The summed E-state index contributed by atoms with van der Waals surface area (Å²) in [6.07, 6.45) is 0. The summed E-state index contributed by atoms with van der Waals surface area (Å²) in [6, 6.07) is 5.45. The minimum absolute atomic E-state index is 0.332. The van der Waals surface area contributed by atoms with Crippen molar-refractivity contribution in [3.63, 3.8) is 0 Å². The summed E-state index contributed by atoms with van der Waals surface area (Å²) in [5.74, 6) is 0.348. The Balaban J connectivity index is 2.11. The zero-order valence-electron chi connectivity index (χ0n) is 13.1. The van der Waals surface area contributed by atoms with Gasteiger partial charge in [-0.25, -0.2) is 4.79 Å². The van der Waals surface area contributed by atoms with Crippen molar-refractivity contribution in [2.45, 2.75) is 13.8 Å². The molecule has 0 unspecified atom stereocenters. The van der Waals surface area contributed by atoms with Crippen molar-refractivity contribution in [1.82, 2.24) is 4.90 Å². The van der Waals surface area contributed by atoms with Crippen LogP contribution in [0, 0.1) is 5.92 Å². The number of benzene rings is 1. The van der Waals surface area contributed by atoms with Gasteiger partial charge in [0.1, 0.15) is 0 Å². The summed E-state index contributed by atoms with van der Waals surface area (Å²) < 4.78 is 4.86. The van der Waals surface area contributed by atoms with Gasteiger partial charge in [-0.2, -0.15) is 0 Å². The SMILES string of the molecule is COC(=O)c1cc(N)ccc1N1CCN(CC(C)C)CC1. The third kappa shape index (κ3) is 3.88. The van der Waals surface area contributed by atoms with Crippen molar-refractivity contribution in [3.05, 3.63) is 23.8 Å². The lowest BCUT2D eigenvalue weighted by Gasteiger charge is -2.37. The first-order chi connectivity index (χ1) is 10.0. The topological polar surface area (TPSA) is 58.8 Å². The molecule has 5 heteroatoms. The number of methoxy groups -OCH3 is 1. The number of nitrogens with zero attached hydrogens (tertiary/aromatic N) is 2. The van der Waals surface area contributed by atoms with Gasteiger partial charge in [-0.1, -0.05) is 13.8 Å². The monoisotopic (exact) mass is 291 g/mol. The van der Waals surface area contributed by atoms with Crippen LogP contribution < -0.4 is 10.6 Å². The largest absolute Gasteiger partial charge is 0.465 e. The van der Waals surface area contributed by atoms with Crippen LogP contribution in [0.5, 0.6) is 0 Å². The lowest BCUT2D eigenvalue weighted by Crippen LogP contribution is -2.47. The Kier molecular flexibility index (Phi) is 5.07. The smallest absolute Gasteiger partial charge is 0.340 e. The van der Waals surface area contributed by atoms with Crippen molar-refractivity contribution in [2.75, 3.05) is 50.5 Å². The molecule has 0 radical (unpaired) electrons. The standard InChI is InChI=1S/C16H25N3O2/c1-12(2)11-18-6-8-19(9-7-18)15-5-4-13(17)10-14(15)16(20)21-3/h4-5,10,12H,6-9,11,17H2,1-3H3. The molecule has 116 valence electrons. The Morgan fingerprint density at radius 1 is 1.29 bits per heavy atom. The van der Waals surface area contributed by atoms with E-state index in [1.807, 2.05) is 12.1 Å². The number of ether oxygens (including phenoxy) is 1. The number of nitrogens with two attached hydrogens (primary N) is 1. The van der Waals surface area contributed by atoms with E-state index < -0.39 is 0 Å². The summed E-state index contributed by atoms with van der Waals surface area (Å²) in [7, 11) is 1.40. The highest BCUT2D eigenvalue weighted by Crippen LogP contribution is 2.25. The fourth-order valence-electron chi connectivity index (χ4n) is 2.79. The van der Waals surface area contributed by atoms with Crippen molar-refractivity contribution in [1.29, 1.82) is 0 Å². The first-order valence-corrected chi connectivity index (χ1v) is 7.46. The molecule has 1 fully saturated rings. The highest BCUT2D eigenvalue weighted by Gasteiger charge is 2.22. The molecule has 1 saturated heterocycles. The van der Waals surface area contributed by atoms with Gasteiger partial charge < -0.3 is 15.4 Å². The van der Waals surface area contributed by atoms with Crippen LogP contribution in [0.2, 0.25) is 0 Å².